The summed E-state index contributed by atoms with van der Waals surface area (Å²) in [4.78, 5) is 8.58. The van der Waals surface area contributed by atoms with Gasteiger partial charge in [0.15, 0.2) is 5.65 Å². The Kier molecular flexibility index (Phi) is 3.47. The van der Waals surface area contributed by atoms with Crippen LogP contribution in [0, 0.1) is 6.92 Å². The fraction of sp³-hybridized carbons (Fsp3) is 0.500. The summed E-state index contributed by atoms with van der Waals surface area (Å²) in [5.74, 6) is 0.324. The number of sulfonamides is 1. The average Bonchev–Trinajstić information content (AvgIpc) is 2.54. The smallest absolute Gasteiger partial charge is 0.209 e. The van der Waals surface area contributed by atoms with Crippen molar-refractivity contribution in [1.82, 2.24) is 19.3 Å². The molecule has 0 bridgehead atoms. The summed E-state index contributed by atoms with van der Waals surface area (Å²) in [6.07, 6.45) is 2.82. The van der Waals surface area contributed by atoms with Gasteiger partial charge in [0.2, 0.25) is 16.0 Å². The van der Waals surface area contributed by atoms with E-state index < -0.39 is 15.6 Å². The van der Waals surface area contributed by atoms with Gasteiger partial charge in [-0.3, -0.25) is 4.57 Å². The number of hydrogen-bond donors (Lipinski definition) is 2. The topological polar surface area (TPSA) is 103 Å². The highest BCUT2D eigenvalue weighted by Crippen LogP contribution is 2.21. The number of aryl methyl sites for hydroxylation is 1. The first kappa shape index (κ1) is 14.7. The Morgan fingerprint density at radius 1 is 1.45 bits per heavy atom. The van der Waals surface area contributed by atoms with Gasteiger partial charge in [-0.05, 0) is 32.4 Å². The van der Waals surface area contributed by atoms with Crippen molar-refractivity contribution in [2.75, 3.05) is 12.0 Å². The Hall–Kier alpha value is -1.67. The van der Waals surface area contributed by atoms with Crippen LogP contribution < -0.4 is 10.5 Å². The van der Waals surface area contributed by atoms with Crippen molar-refractivity contribution in [2.24, 2.45) is 0 Å². The maximum absolute atomic E-state index is 11.4. The Bertz CT molecular complexity index is 749. The summed E-state index contributed by atoms with van der Waals surface area (Å²) < 4.78 is 27.1. The second-order valence-electron chi connectivity index (χ2n) is 5.61. The first-order valence-electron chi connectivity index (χ1n) is 6.15. The first-order valence-corrected chi connectivity index (χ1v) is 8.04. The second kappa shape index (κ2) is 4.71. The summed E-state index contributed by atoms with van der Waals surface area (Å²) in [6, 6.07) is 1.86. The Labute approximate surface area is 118 Å². The van der Waals surface area contributed by atoms with Gasteiger partial charge in [0.1, 0.15) is 5.52 Å². The van der Waals surface area contributed by atoms with Crippen LogP contribution in [0.25, 0.3) is 11.2 Å². The number of nitrogen functional groups attached to an aromatic ring is 1. The Balaban J connectivity index is 2.44. The third-order valence-corrected chi connectivity index (χ3v) is 3.80. The molecule has 8 heteroatoms. The molecule has 0 amide bonds. The van der Waals surface area contributed by atoms with Crippen LogP contribution in [0.5, 0.6) is 0 Å². The largest absolute Gasteiger partial charge is 0.369 e. The zero-order valence-corrected chi connectivity index (χ0v) is 12.8. The van der Waals surface area contributed by atoms with Crippen LogP contribution in [0.2, 0.25) is 0 Å². The summed E-state index contributed by atoms with van der Waals surface area (Å²) in [7, 11) is -3.30. The van der Waals surface area contributed by atoms with E-state index in [1.165, 1.54) is 0 Å². The molecule has 0 aliphatic rings. The lowest BCUT2D eigenvalue weighted by molar-refractivity contribution is 0.397. The number of nitrogens with zero attached hydrogens (tertiary/aromatic N) is 3. The van der Waals surface area contributed by atoms with Crippen LogP contribution in [-0.2, 0) is 16.6 Å². The molecular formula is C12H19N5O2S. The summed E-state index contributed by atoms with van der Waals surface area (Å²) in [6.45, 7) is 5.85. The van der Waals surface area contributed by atoms with Gasteiger partial charge in [-0.15, -0.1) is 0 Å². The highest BCUT2D eigenvalue weighted by Gasteiger charge is 2.25. The molecule has 2 heterocycles. The number of imidazole rings is 1. The minimum Gasteiger partial charge on any atom is -0.369 e. The number of aromatic nitrogens is 3. The average molecular weight is 297 g/mol. The van der Waals surface area contributed by atoms with Crippen molar-refractivity contribution in [3.8, 4) is 0 Å². The first-order chi connectivity index (χ1) is 9.09. The summed E-state index contributed by atoms with van der Waals surface area (Å²) in [5, 5.41) is 0. The van der Waals surface area contributed by atoms with Gasteiger partial charge in [0.05, 0.1) is 6.26 Å². The van der Waals surface area contributed by atoms with Gasteiger partial charge in [-0.2, -0.15) is 0 Å². The molecule has 0 aromatic carbocycles. The molecule has 0 fully saturated rings. The molecule has 0 aliphatic heterocycles. The molecule has 7 nitrogen and oxygen atoms in total. The zero-order valence-electron chi connectivity index (χ0n) is 12.0. The van der Waals surface area contributed by atoms with Crippen molar-refractivity contribution in [3.63, 3.8) is 0 Å². The van der Waals surface area contributed by atoms with Gasteiger partial charge in [0, 0.05) is 18.3 Å². The monoisotopic (exact) mass is 297 g/mol. The van der Waals surface area contributed by atoms with Crippen LogP contribution in [-0.4, -0.2) is 34.7 Å². The number of anilines is 1. The quantitative estimate of drug-likeness (QED) is 0.862. The van der Waals surface area contributed by atoms with Crippen LogP contribution in [0.1, 0.15) is 19.4 Å². The molecule has 0 saturated heterocycles. The van der Waals surface area contributed by atoms with E-state index in [1.807, 2.05) is 13.0 Å². The van der Waals surface area contributed by atoms with E-state index in [1.54, 1.807) is 24.6 Å². The molecule has 0 radical (unpaired) electrons. The Morgan fingerprint density at radius 3 is 2.70 bits per heavy atom. The molecule has 2 aromatic rings. The third-order valence-electron chi connectivity index (χ3n) is 2.88. The van der Waals surface area contributed by atoms with Crippen molar-refractivity contribution >= 4 is 27.1 Å². The van der Waals surface area contributed by atoms with Crippen LogP contribution in [0.3, 0.4) is 0 Å². The van der Waals surface area contributed by atoms with E-state index in [9.17, 15) is 8.42 Å². The van der Waals surface area contributed by atoms with E-state index in [0.717, 1.165) is 17.3 Å². The van der Waals surface area contributed by atoms with E-state index in [0.29, 0.717) is 18.1 Å². The molecular weight excluding hydrogens is 278 g/mol. The lowest BCUT2D eigenvalue weighted by Crippen LogP contribution is -2.46. The molecule has 2 aromatic heterocycles. The number of nitrogens with two attached hydrogens (primary N) is 1. The standard InChI is InChI=1S/C12H19N5O2S/c1-8-5-6-14-10-9(8)15-11(13)17(10)7-12(2,3)16-20(4,18)19/h5-6,16H,7H2,1-4H3,(H2,13,15). The summed E-state index contributed by atoms with van der Waals surface area (Å²) in [5.41, 5.74) is 7.61. The number of rotatable bonds is 4. The normalized spacial score (nSPS) is 13.0. The van der Waals surface area contributed by atoms with Crippen LogP contribution in [0.4, 0.5) is 5.95 Å². The minimum absolute atomic E-state index is 0.324. The van der Waals surface area contributed by atoms with Gasteiger partial charge < -0.3 is 5.73 Å². The maximum atomic E-state index is 11.4. The molecule has 0 aliphatic carbocycles. The highest BCUT2D eigenvalue weighted by molar-refractivity contribution is 7.88. The molecule has 2 rings (SSSR count). The van der Waals surface area contributed by atoms with E-state index in [-0.39, 0.29) is 0 Å². The van der Waals surface area contributed by atoms with Crippen molar-refractivity contribution < 1.29 is 8.42 Å². The minimum atomic E-state index is -3.30. The second-order valence-corrected chi connectivity index (χ2v) is 7.36. The fourth-order valence-electron chi connectivity index (χ4n) is 2.24. The molecule has 110 valence electrons. The molecule has 3 N–H and O–H groups in total. The van der Waals surface area contributed by atoms with E-state index in [4.69, 9.17) is 5.73 Å². The SMILES string of the molecule is Cc1ccnc2c1nc(N)n2CC(C)(C)NS(C)(=O)=O. The highest BCUT2D eigenvalue weighted by atomic mass is 32.2. The van der Waals surface area contributed by atoms with Gasteiger partial charge in [-0.1, -0.05) is 0 Å². The number of hydrogen-bond acceptors (Lipinski definition) is 5. The lowest BCUT2D eigenvalue weighted by atomic mass is 10.1. The number of pyridine rings is 1. The maximum Gasteiger partial charge on any atom is 0.209 e. The molecule has 0 unspecified atom stereocenters. The molecule has 0 saturated carbocycles. The van der Waals surface area contributed by atoms with E-state index in [2.05, 4.69) is 14.7 Å². The van der Waals surface area contributed by atoms with Crippen LogP contribution in [0.15, 0.2) is 12.3 Å². The van der Waals surface area contributed by atoms with Gasteiger partial charge >= 0.3 is 0 Å². The predicted octanol–water partition coefficient (Wildman–Crippen LogP) is 0.650. The van der Waals surface area contributed by atoms with Crippen molar-refractivity contribution in [2.45, 2.75) is 32.9 Å². The van der Waals surface area contributed by atoms with Crippen molar-refractivity contribution in [3.05, 3.63) is 17.8 Å². The van der Waals surface area contributed by atoms with Gasteiger partial charge in [-0.25, -0.2) is 23.1 Å². The van der Waals surface area contributed by atoms with E-state index >= 15 is 0 Å². The Morgan fingerprint density at radius 2 is 2.10 bits per heavy atom. The number of fused-ring (bicyclic) bond motifs is 1. The molecule has 20 heavy (non-hydrogen) atoms. The molecule has 0 atom stereocenters. The van der Waals surface area contributed by atoms with Gasteiger partial charge in [0.25, 0.3) is 0 Å². The third kappa shape index (κ3) is 3.07. The van der Waals surface area contributed by atoms with Crippen LogP contribution >= 0.6 is 0 Å². The lowest BCUT2D eigenvalue weighted by Gasteiger charge is -2.26. The number of nitrogens with one attached hydrogen (secondary N) is 1. The predicted molar refractivity (Wildman–Crippen MR) is 78.7 cm³/mol. The molecule has 0 spiro atoms. The zero-order chi connectivity index (χ0) is 15.1. The fourth-order valence-corrected chi connectivity index (χ4v) is 3.31. The van der Waals surface area contributed by atoms with Crippen molar-refractivity contribution in [1.29, 1.82) is 0 Å². The summed E-state index contributed by atoms with van der Waals surface area (Å²) >= 11 is 0.